The maximum Gasteiger partial charge on any atom is 0.339 e. The van der Waals surface area contributed by atoms with Crippen LogP contribution in [0.4, 0.5) is 16.2 Å². The van der Waals surface area contributed by atoms with E-state index in [2.05, 4.69) is 10.6 Å². The van der Waals surface area contributed by atoms with Gasteiger partial charge in [0.25, 0.3) is 5.91 Å². The lowest BCUT2D eigenvalue weighted by Gasteiger charge is -2.34. The molecule has 0 saturated heterocycles. The van der Waals surface area contributed by atoms with E-state index in [-0.39, 0.29) is 6.61 Å². The Morgan fingerprint density at radius 1 is 1.33 bits per heavy atom. The zero-order valence-corrected chi connectivity index (χ0v) is 11.9. The summed E-state index contributed by atoms with van der Waals surface area (Å²) in [7, 11) is 0. The fourth-order valence-electron chi connectivity index (χ4n) is 2.14. The van der Waals surface area contributed by atoms with Crippen molar-refractivity contribution in [2.45, 2.75) is 19.9 Å². The van der Waals surface area contributed by atoms with Crippen LogP contribution in [0.1, 0.15) is 13.8 Å². The van der Waals surface area contributed by atoms with Crippen molar-refractivity contribution in [3.05, 3.63) is 24.3 Å². The molecule has 3 amide bonds. The number of para-hydroxylation sites is 2. The lowest BCUT2D eigenvalue weighted by molar-refractivity contribution is -0.147. The van der Waals surface area contributed by atoms with E-state index in [1.165, 1.54) is 0 Å². The number of hydrogen-bond acceptors (Lipinski definition) is 4. The van der Waals surface area contributed by atoms with E-state index >= 15 is 0 Å². The van der Waals surface area contributed by atoms with Gasteiger partial charge in [-0.25, -0.2) is 9.59 Å². The Kier molecular flexibility index (Phi) is 4.42. The van der Waals surface area contributed by atoms with Crippen LogP contribution in [-0.4, -0.2) is 37.1 Å². The first-order valence-electron chi connectivity index (χ1n) is 6.73. The minimum atomic E-state index is -1.33. The minimum absolute atomic E-state index is 0.132. The van der Waals surface area contributed by atoms with Gasteiger partial charge in [0, 0.05) is 6.54 Å². The molecule has 112 valence electrons. The van der Waals surface area contributed by atoms with Crippen LogP contribution < -0.4 is 15.5 Å². The predicted molar refractivity (Wildman–Crippen MR) is 77.0 cm³/mol. The Morgan fingerprint density at radius 3 is 2.71 bits per heavy atom. The third-order valence-corrected chi connectivity index (χ3v) is 2.98. The fourth-order valence-corrected chi connectivity index (χ4v) is 2.14. The second-order valence-electron chi connectivity index (χ2n) is 4.37. The number of carbonyl (C=O) groups excluding carboxylic acids is 3. The van der Waals surface area contributed by atoms with Crippen LogP contribution in [0.5, 0.6) is 0 Å². The van der Waals surface area contributed by atoms with Gasteiger partial charge < -0.3 is 15.4 Å². The van der Waals surface area contributed by atoms with E-state index in [1.807, 2.05) is 0 Å². The van der Waals surface area contributed by atoms with Crippen LogP contribution >= 0.6 is 0 Å². The quantitative estimate of drug-likeness (QED) is 0.645. The summed E-state index contributed by atoms with van der Waals surface area (Å²) in [4.78, 5) is 37.6. The van der Waals surface area contributed by atoms with E-state index < -0.39 is 23.9 Å². The summed E-state index contributed by atoms with van der Waals surface area (Å²) in [5.41, 5.74) is 0.940. The molecule has 0 spiro atoms. The van der Waals surface area contributed by atoms with Crippen LogP contribution in [0.25, 0.3) is 0 Å². The highest BCUT2D eigenvalue weighted by molar-refractivity contribution is 6.20. The number of rotatable bonds is 3. The Morgan fingerprint density at radius 2 is 2.05 bits per heavy atom. The highest BCUT2D eigenvalue weighted by atomic mass is 16.5. The maximum atomic E-state index is 12.3. The van der Waals surface area contributed by atoms with E-state index in [0.29, 0.717) is 17.9 Å². The van der Waals surface area contributed by atoms with Crippen LogP contribution in [0.3, 0.4) is 0 Å². The summed E-state index contributed by atoms with van der Waals surface area (Å²) < 4.78 is 4.90. The number of hydrogen-bond donors (Lipinski definition) is 2. The standard InChI is InChI=1S/C14H17N3O4/c1-3-15-14(20)17-10-8-6-5-7-9(10)16-12(18)11(17)13(19)21-4-2/h5-8,11H,3-4H2,1-2H3,(H,15,20)(H,16,18)/t11-/m1/s1. The molecular weight excluding hydrogens is 274 g/mol. The first kappa shape index (κ1) is 14.8. The number of benzene rings is 1. The molecule has 0 fully saturated rings. The van der Waals surface area contributed by atoms with Crippen molar-refractivity contribution in [1.82, 2.24) is 5.32 Å². The second kappa shape index (κ2) is 6.25. The van der Waals surface area contributed by atoms with Gasteiger partial charge in [-0.1, -0.05) is 12.1 Å². The van der Waals surface area contributed by atoms with Crippen LogP contribution in [0.2, 0.25) is 0 Å². The molecule has 1 aromatic rings. The molecule has 0 aromatic heterocycles. The summed E-state index contributed by atoms with van der Waals surface area (Å²) in [6.45, 7) is 3.92. The number of ether oxygens (including phenoxy) is 1. The molecule has 1 aliphatic rings. The Labute approximate surface area is 122 Å². The Bertz CT molecular complexity index is 573. The van der Waals surface area contributed by atoms with Gasteiger partial charge in [0.15, 0.2) is 0 Å². The summed E-state index contributed by atoms with van der Waals surface area (Å²) in [5, 5.41) is 5.22. The fraction of sp³-hybridized carbons (Fsp3) is 0.357. The van der Waals surface area contributed by atoms with Crippen molar-refractivity contribution in [2.75, 3.05) is 23.4 Å². The largest absolute Gasteiger partial charge is 0.464 e. The molecule has 0 aliphatic carbocycles. The third-order valence-electron chi connectivity index (χ3n) is 2.98. The lowest BCUT2D eigenvalue weighted by Crippen LogP contribution is -2.58. The number of anilines is 2. The number of nitrogens with zero attached hydrogens (tertiary/aromatic N) is 1. The molecule has 2 rings (SSSR count). The third kappa shape index (κ3) is 2.81. The van der Waals surface area contributed by atoms with Crippen molar-refractivity contribution in [1.29, 1.82) is 0 Å². The topological polar surface area (TPSA) is 87.7 Å². The molecule has 0 bridgehead atoms. The van der Waals surface area contributed by atoms with Crippen molar-refractivity contribution in [3.8, 4) is 0 Å². The average Bonchev–Trinajstić information content (AvgIpc) is 2.46. The van der Waals surface area contributed by atoms with Crippen molar-refractivity contribution in [3.63, 3.8) is 0 Å². The van der Waals surface area contributed by atoms with Crippen LogP contribution in [-0.2, 0) is 14.3 Å². The first-order chi connectivity index (χ1) is 10.1. The summed E-state index contributed by atoms with van der Waals surface area (Å²) in [6.07, 6.45) is 0. The maximum absolute atomic E-state index is 12.3. The van der Waals surface area contributed by atoms with Gasteiger partial charge in [0.2, 0.25) is 6.04 Å². The molecule has 1 atom stereocenters. The van der Waals surface area contributed by atoms with Crippen LogP contribution in [0, 0.1) is 0 Å². The van der Waals surface area contributed by atoms with E-state index in [0.717, 1.165) is 4.90 Å². The molecule has 1 aliphatic heterocycles. The van der Waals surface area contributed by atoms with Crippen molar-refractivity contribution >= 4 is 29.3 Å². The second-order valence-corrected chi connectivity index (χ2v) is 4.37. The molecule has 0 saturated carbocycles. The van der Waals surface area contributed by atoms with Gasteiger partial charge in [-0.2, -0.15) is 0 Å². The molecule has 7 heteroatoms. The molecule has 1 aromatic carbocycles. The van der Waals surface area contributed by atoms with E-state index in [4.69, 9.17) is 4.74 Å². The predicted octanol–water partition coefficient (Wildman–Crippen LogP) is 1.11. The summed E-state index contributed by atoms with van der Waals surface area (Å²) in [6, 6.07) is 4.95. The van der Waals surface area contributed by atoms with Gasteiger partial charge in [0.1, 0.15) is 0 Å². The molecule has 1 heterocycles. The van der Waals surface area contributed by atoms with Gasteiger partial charge in [-0.3, -0.25) is 9.69 Å². The van der Waals surface area contributed by atoms with E-state index in [9.17, 15) is 14.4 Å². The molecule has 2 N–H and O–H groups in total. The van der Waals surface area contributed by atoms with Gasteiger partial charge in [0.05, 0.1) is 18.0 Å². The summed E-state index contributed by atoms with van der Waals surface area (Å²) >= 11 is 0. The highest BCUT2D eigenvalue weighted by Gasteiger charge is 2.42. The molecule has 7 nitrogen and oxygen atoms in total. The van der Waals surface area contributed by atoms with E-state index in [1.54, 1.807) is 38.1 Å². The van der Waals surface area contributed by atoms with Gasteiger partial charge in [-0.15, -0.1) is 0 Å². The lowest BCUT2D eigenvalue weighted by atomic mass is 10.1. The molecular formula is C14H17N3O4. The molecule has 21 heavy (non-hydrogen) atoms. The number of amides is 3. The number of nitrogens with one attached hydrogen (secondary N) is 2. The minimum Gasteiger partial charge on any atom is -0.464 e. The number of carbonyl (C=O) groups is 3. The normalized spacial score (nSPS) is 16.8. The zero-order chi connectivity index (χ0) is 15.4. The Balaban J connectivity index is 2.45. The highest BCUT2D eigenvalue weighted by Crippen LogP contribution is 2.32. The number of urea groups is 1. The monoisotopic (exact) mass is 291 g/mol. The van der Waals surface area contributed by atoms with Crippen LogP contribution in [0.15, 0.2) is 24.3 Å². The molecule has 0 unspecified atom stereocenters. The molecule has 0 radical (unpaired) electrons. The van der Waals surface area contributed by atoms with Gasteiger partial charge in [-0.05, 0) is 26.0 Å². The number of fused-ring (bicyclic) bond motifs is 1. The van der Waals surface area contributed by atoms with Gasteiger partial charge >= 0.3 is 12.0 Å². The average molecular weight is 291 g/mol. The SMILES string of the molecule is CCNC(=O)N1c2ccccc2NC(=O)[C@@H]1C(=O)OCC. The smallest absolute Gasteiger partial charge is 0.339 e. The summed E-state index contributed by atoms with van der Waals surface area (Å²) in [5.74, 6) is -1.34. The zero-order valence-electron chi connectivity index (χ0n) is 11.9. The van der Waals surface area contributed by atoms with Crippen molar-refractivity contribution in [2.24, 2.45) is 0 Å². The Hall–Kier alpha value is -2.57. The number of esters is 1. The first-order valence-corrected chi connectivity index (χ1v) is 6.73. The van der Waals surface area contributed by atoms with Crippen molar-refractivity contribution < 1.29 is 19.1 Å².